The van der Waals surface area contributed by atoms with Crippen LogP contribution >= 0.6 is 0 Å². The minimum absolute atomic E-state index is 0.0428. The summed E-state index contributed by atoms with van der Waals surface area (Å²) in [6.45, 7) is 8.05. The van der Waals surface area contributed by atoms with Gasteiger partial charge in [-0.25, -0.2) is 0 Å². The molecule has 31 heavy (non-hydrogen) atoms. The lowest BCUT2D eigenvalue weighted by atomic mass is 10.1. The van der Waals surface area contributed by atoms with E-state index in [1.807, 2.05) is 19.1 Å². The molecule has 2 aromatic carbocycles. The molecule has 0 spiro atoms. The van der Waals surface area contributed by atoms with Crippen LogP contribution in [0.3, 0.4) is 0 Å². The highest BCUT2D eigenvalue weighted by molar-refractivity contribution is 5.68. The molecular formula is C25H30N4O2. The first kappa shape index (κ1) is 22.3. The number of nitrogen functional groups attached to an aromatic ring is 1. The molecule has 1 saturated heterocycles. The van der Waals surface area contributed by atoms with Gasteiger partial charge in [0.05, 0.1) is 0 Å². The summed E-state index contributed by atoms with van der Waals surface area (Å²) in [6, 6.07) is 19.2. The maximum absolute atomic E-state index is 10.1. The molecular weight excluding hydrogens is 388 g/mol. The molecule has 3 N–H and O–H groups in total. The number of anilines is 1. The molecule has 0 aliphatic carbocycles. The molecule has 6 nitrogen and oxygen atoms in total. The van der Waals surface area contributed by atoms with Crippen molar-refractivity contribution in [3.8, 4) is 22.8 Å². The second-order valence-corrected chi connectivity index (χ2v) is 7.51. The van der Waals surface area contributed by atoms with Crippen molar-refractivity contribution >= 4 is 5.82 Å². The number of ether oxygens (including phenoxy) is 1. The summed E-state index contributed by atoms with van der Waals surface area (Å²) in [7, 11) is 0. The van der Waals surface area contributed by atoms with Crippen LogP contribution < -0.4 is 10.5 Å². The fraction of sp³-hybridized carbons (Fsp3) is 0.280. The molecule has 3 aromatic rings. The van der Waals surface area contributed by atoms with Crippen molar-refractivity contribution in [3.63, 3.8) is 0 Å². The summed E-state index contributed by atoms with van der Waals surface area (Å²) >= 11 is 0. The number of hydrogen-bond donors (Lipinski definition) is 2. The van der Waals surface area contributed by atoms with E-state index in [-0.39, 0.29) is 17.7 Å². The van der Waals surface area contributed by atoms with Gasteiger partial charge in [0, 0.05) is 24.7 Å². The Morgan fingerprint density at radius 2 is 1.87 bits per heavy atom. The third-order valence-electron chi connectivity index (χ3n) is 4.97. The number of aromatic nitrogens is 2. The van der Waals surface area contributed by atoms with Gasteiger partial charge >= 0.3 is 0 Å². The first-order valence-electron chi connectivity index (χ1n) is 10.5. The molecule has 0 amide bonds. The van der Waals surface area contributed by atoms with Gasteiger partial charge in [-0.15, -0.1) is 16.8 Å². The summed E-state index contributed by atoms with van der Waals surface area (Å²) in [4.78, 5) is 2.40. The summed E-state index contributed by atoms with van der Waals surface area (Å²) in [5.41, 5.74) is 8.45. The van der Waals surface area contributed by atoms with E-state index in [2.05, 4.69) is 45.9 Å². The summed E-state index contributed by atoms with van der Waals surface area (Å²) in [6.07, 6.45) is 3.84. The van der Waals surface area contributed by atoms with Crippen LogP contribution in [0.4, 0.5) is 5.82 Å². The van der Waals surface area contributed by atoms with Crippen LogP contribution in [-0.4, -0.2) is 39.4 Å². The highest BCUT2D eigenvalue weighted by Crippen LogP contribution is 2.31. The van der Waals surface area contributed by atoms with Gasteiger partial charge in [-0.3, -0.25) is 4.90 Å². The van der Waals surface area contributed by atoms with Crippen molar-refractivity contribution in [2.24, 2.45) is 0 Å². The predicted octanol–water partition coefficient (Wildman–Crippen LogP) is 4.67. The Morgan fingerprint density at radius 3 is 2.61 bits per heavy atom. The van der Waals surface area contributed by atoms with Crippen molar-refractivity contribution in [2.45, 2.75) is 32.4 Å². The van der Waals surface area contributed by atoms with Crippen LogP contribution in [0.2, 0.25) is 0 Å². The smallest absolute Gasteiger partial charge is 0.188 e. The maximum atomic E-state index is 10.1. The summed E-state index contributed by atoms with van der Waals surface area (Å²) < 4.78 is 6.21. The molecule has 1 aliphatic rings. The number of piperidine rings is 1. The minimum Gasteiger partial charge on any atom is -0.507 e. The van der Waals surface area contributed by atoms with E-state index >= 15 is 0 Å². The van der Waals surface area contributed by atoms with Gasteiger partial charge in [0.2, 0.25) is 0 Å². The molecule has 1 atom stereocenters. The third kappa shape index (κ3) is 6.30. The molecule has 162 valence electrons. The van der Waals surface area contributed by atoms with Crippen LogP contribution in [0, 0.1) is 0 Å². The largest absolute Gasteiger partial charge is 0.507 e. The number of allylic oxidation sites excluding steroid dienone is 1. The number of likely N-dealkylation sites (tertiary alicyclic amines) is 1. The van der Waals surface area contributed by atoms with Gasteiger partial charge in [0.25, 0.3) is 0 Å². The van der Waals surface area contributed by atoms with E-state index < -0.39 is 0 Å². The van der Waals surface area contributed by atoms with Gasteiger partial charge < -0.3 is 15.6 Å². The Kier molecular flexibility index (Phi) is 8.01. The number of nitrogens with two attached hydrogens (primary N) is 1. The minimum atomic E-state index is 0.0428. The maximum Gasteiger partial charge on any atom is 0.188 e. The van der Waals surface area contributed by atoms with Crippen molar-refractivity contribution in [1.82, 2.24) is 15.1 Å². The molecule has 1 unspecified atom stereocenters. The van der Waals surface area contributed by atoms with Crippen molar-refractivity contribution in [3.05, 3.63) is 78.9 Å². The number of rotatable bonds is 5. The zero-order valence-corrected chi connectivity index (χ0v) is 17.9. The van der Waals surface area contributed by atoms with Crippen LogP contribution in [0.15, 0.2) is 73.3 Å². The fourth-order valence-electron chi connectivity index (χ4n) is 3.57. The molecule has 0 radical (unpaired) electrons. The zero-order valence-electron chi connectivity index (χ0n) is 17.9. The number of aromatic hydroxyl groups is 1. The molecule has 1 aromatic heterocycles. The van der Waals surface area contributed by atoms with Crippen LogP contribution in [0.25, 0.3) is 11.3 Å². The lowest BCUT2D eigenvalue weighted by Crippen LogP contribution is -2.40. The fourth-order valence-corrected chi connectivity index (χ4v) is 3.57. The molecule has 1 fully saturated rings. The quantitative estimate of drug-likeness (QED) is 0.586. The first-order valence-corrected chi connectivity index (χ1v) is 10.5. The summed E-state index contributed by atoms with van der Waals surface area (Å²) in [5.74, 6) is 0.929. The van der Waals surface area contributed by atoms with Crippen molar-refractivity contribution in [1.29, 1.82) is 0 Å². The predicted molar refractivity (Wildman–Crippen MR) is 125 cm³/mol. The van der Waals surface area contributed by atoms with Gasteiger partial charge in [-0.05, 0) is 44.0 Å². The number of hydrogen-bond acceptors (Lipinski definition) is 6. The Bertz CT molecular complexity index is 978. The van der Waals surface area contributed by atoms with E-state index in [1.54, 1.807) is 30.3 Å². The van der Waals surface area contributed by atoms with Crippen LogP contribution in [0.5, 0.6) is 11.5 Å². The Morgan fingerprint density at radius 1 is 1.16 bits per heavy atom. The number of nitrogens with zero attached hydrogens (tertiary/aromatic N) is 3. The molecule has 0 bridgehead atoms. The molecule has 0 saturated carbocycles. The number of para-hydroxylation sites is 1. The van der Waals surface area contributed by atoms with Crippen molar-refractivity contribution < 1.29 is 9.84 Å². The molecule has 4 rings (SSSR count). The van der Waals surface area contributed by atoms with E-state index in [0.29, 0.717) is 17.0 Å². The highest BCUT2D eigenvalue weighted by Gasteiger charge is 2.23. The van der Waals surface area contributed by atoms with E-state index in [9.17, 15) is 5.11 Å². The zero-order chi connectivity index (χ0) is 22.1. The number of phenolic OH excluding ortho intramolecular Hbond substituents is 1. The average molecular weight is 419 g/mol. The van der Waals surface area contributed by atoms with E-state index in [4.69, 9.17) is 10.5 Å². The van der Waals surface area contributed by atoms with Crippen LogP contribution in [-0.2, 0) is 6.54 Å². The first-order chi connectivity index (χ1) is 15.1. The Labute approximate surface area is 184 Å². The Hall–Kier alpha value is -3.38. The molecule has 1 aliphatic heterocycles. The van der Waals surface area contributed by atoms with Gasteiger partial charge in [0.1, 0.15) is 17.5 Å². The van der Waals surface area contributed by atoms with Gasteiger partial charge in [-0.1, -0.05) is 48.5 Å². The van der Waals surface area contributed by atoms with Gasteiger partial charge in [-0.2, -0.15) is 0 Å². The lowest BCUT2D eigenvalue weighted by molar-refractivity contribution is 0.0846. The summed E-state index contributed by atoms with van der Waals surface area (Å²) in [5, 5.41) is 18.2. The van der Waals surface area contributed by atoms with E-state index in [0.717, 1.165) is 32.5 Å². The average Bonchev–Trinajstić information content (AvgIpc) is 2.77. The van der Waals surface area contributed by atoms with Crippen LogP contribution in [0.1, 0.15) is 25.3 Å². The Balaban J connectivity index is 0.000000858. The molecule has 2 heterocycles. The molecule has 6 heteroatoms. The highest BCUT2D eigenvalue weighted by atomic mass is 16.5. The number of phenols is 1. The second kappa shape index (κ2) is 11.1. The topological polar surface area (TPSA) is 84.5 Å². The second-order valence-electron chi connectivity index (χ2n) is 7.51. The normalized spacial score (nSPS) is 16.1. The monoisotopic (exact) mass is 418 g/mol. The standard InChI is InChI=1S/C22H24N4O2.C3H6/c23-22-21(13-19(24-25-22)18-10-4-5-11-20(18)27)28-17-9-6-12-26(15-17)14-16-7-2-1-3-8-16;1-3-2/h1-5,7-8,10-11,13,17,27H,6,9,12,14-15H2,(H2,23,25);3H,1H2,2H3. The van der Waals surface area contributed by atoms with Gasteiger partial charge in [0.15, 0.2) is 11.6 Å². The lowest BCUT2D eigenvalue weighted by Gasteiger charge is -2.33. The third-order valence-corrected chi connectivity index (χ3v) is 4.97. The number of benzene rings is 2. The SMILES string of the molecule is C=CC.Nc1nnc(-c2ccccc2O)cc1OC1CCCN(Cc2ccccc2)C1. The van der Waals surface area contributed by atoms with E-state index in [1.165, 1.54) is 5.56 Å². The van der Waals surface area contributed by atoms with Crippen molar-refractivity contribution in [2.75, 3.05) is 18.8 Å².